The third-order valence-corrected chi connectivity index (χ3v) is 6.40. The second-order valence-electron chi connectivity index (χ2n) is 8.73. The Morgan fingerprint density at radius 3 is 2.54 bits per heavy atom. The summed E-state index contributed by atoms with van der Waals surface area (Å²) in [4.78, 5) is 43.6. The normalized spacial score (nSPS) is 22.0. The molecule has 2 aliphatic heterocycles. The quantitative estimate of drug-likeness (QED) is 0.512. The van der Waals surface area contributed by atoms with Crippen molar-refractivity contribution in [3.8, 4) is 11.3 Å². The number of nitrogens with zero attached hydrogens (tertiary/aromatic N) is 1. The molecule has 2 aromatic carbocycles. The van der Waals surface area contributed by atoms with E-state index in [1.165, 1.54) is 18.3 Å². The van der Waals surface area contributed by atoms with Crippen molar-refractivity contribution in [1.29, 1.82) is 0 Å². The van der Waals surface area contributed by atoms with Gasteiger partial charge in [-0.3, -0.25) is 19.4 Å². The Morgan fingerprint density at radius 2 is 1.86 bits per heavy atom. The number of hydrogen-bond acceptors (Lipinski definition) is 6. The summed E-state index contributed by atoms with van der Waals surface area (Å²) in [5.41, 5.74) is 2.55. The molecule has 2 aliphatic rings. The van der Waals surface area contributed by atoms with Crippen LogP contribution in [-0.4, -0.2) is 53.3 Å². The minimum atomic E-state index is -1.25. The lowest BCUT2D eigenvalue weighted by Gasteiger charge is -2.21. The second-order valence-corrected chi connectivity index (χ2v) is 8.73. The molecule has 0 radical (unpaired) electrons. The number of benzene rings is 2. The summed E-state index contributed by atoms with van der Waals surface area (Å²) in [5.74, 6) is -1.73. The van der Waals surface area contributed by atoms with E-state index in [-0.39, 0.29) is 23.9 Å². The summed E-state index contributed by atoms with van der Waals surface area (Å²) in [6.07, 6.45) is 0.601. The largest absolute Gasteiger partial charge is 0.357 e. The number of amides is 1. The van der Waals surface area contributed by atoms with Gasteiger partial charge in [0, 0.05) is 11.8 Å². The molecule has 5 rings (SSSR count). The number of nitrogens with one attached hydrogen (secondary N) is 2. The average molecular weight is 474 g/mol. The fraction of sp³-hybridized carbons (Fsp3) is 0.259. The van der Waals surface area contributed by atoms with E-state index in [1.54, 1.807) is 24.3 Å². The minimum absolute atomic E-state index is 0.0935. The van der Waals surface area contributed by atoms with Gasteiger partial charge in [-0.15, -0.1) is 0 Å². The molecular formula is C27H24FN3O4. The fourth-order valence-electron chi connectivity index (χ4n) is 4.53. The van der Waals surface area contributed by atoms with E-state index >= 15 is 0 Å². The Labute approximate surface area is 201 Å². The van der Waals surface area contributed by atoms with Gasteiger partial charge in [-0.2, -0.15) is 0 Å². The first-order valence-corrected chi connectivity index (χ1v) is 11.5. The van der Waals surface area contributed by atoms with Crippen LogP contribution in [0.4, 0.5) is 4.39 Å². The molecule has 7 nitrogen and oxygen atoms in total. The zero-order valence-corrected chi connectivity index (χ0v) is 18.8. The summed E-state index contributed by atoms with van der Waals surface area (Å²) in [5, 5.41) is 5.81. The first-order valence-electron chi connectivity index (χ1n) is 11.5. The number of rotatable bonds is 7. The number of aromatic nitrogens is 1. The number of ketones is 2. The van der Waals surface area contributed by atoms with Crippen molar-refractivity contribution >= 4 is 17.5 Å². The highest BCUT2D eigenvalue weighted by molar-refractivity contribution is 6.12. The topological polar surface area (TPSA) is 97.4 Å². The van der Waals surface area contributed by atoms with Gasteiger partial charge in [0.05, 0.1) is 29.4 Å². The van der Waals surface area contributed by atoms with Crippen LogP contribution < -0.4 is 10.6 Å². The fourth-order valence-corrected chi connectivity index (χ4v) is 4.53. The summed E-state index contributed by atoms with van der Waals surface area (Å²) < 4.78 is 19.1. The van der Waals surface area contributed by atoms with Crippen LogP contribution in [-0.2, 0) is 20.7 Å². The maximum absolute atomic E-state index is 13.4. The highest BCUT2D eigenvalue weighted by Gasteiger charge is 2.50. The number of halogens is 1. The lowest BCUT2D eigenvalue weighted by Crippen LogP contribution is -2.49. The van der Waals surface area contributed by atoms with Gasteiger partial charge >= 0.3 is 0 Å². The van der Waals surface area contributed by atoms with Crippen molar-refractivity contribution in [2.75, 3.05) is 6.54 Å². The molecule has 8 heteroatoms. The van der Waals surface area contributed by atoms with Crippen LogP contribution in [0.2, 0.25) is 0 Å². The van der Waals surface area contributed by atoms with E-state index in [9.17, 15) is 18.8 Å². The van der Waals surface area contributed by atoms with Crippen LogP contribution in [0.1, 0.15) is 22.3 Å². The molecule has 3 aromatic rings. The lowest BCUT2D eigenvalue weighted by atomic mass is 9.96. The smallest absolute Gasteiger partial charge is 0.253 e. The van der Waals surface area contributed by atoms with E-state index in [1.807, 2.05) is 30.3 Å². The molecule has 0 bridgehead atoms. The van der Waals surface area contributed by atoms with E-state index in [4.69, 9.17) is 4.74 Å². The SMILES string of the molecule is O=C(NC(Cc1ccc(F)cc1)C(=O)C1OC2CCNC2C1=O)c1ccc(-c2ccccc2)nc1. The summed E-state index contributed by atoms with van der Waals surface area (Å²) in [6, 6.07) is 17.1. The van der Waals surface area contributed by atoms with Crippen LogP contribution >= 0.6 is 0 Å². The second kappa shape index (κ2) is 9.85. The van der Waals surface area contributed by atoms with Gasteiger partial charge in [-0.25, -0.2) is 4.39 Å². The van der Waals surface area contributed by atoms with Gasteiger partial charge in [0.25, 0.3) is 5.91 Å². The Kier molecular flexibility index (Phi) is 6.48. The predicted octanol–water partition coefficient (Wildman–Crippen LogP) is 2.50. The molecule has 4 unspecified atom stereocenters. The van der Waals surface area contributed by atoms with E-state index in [2.05, 4.69) is 15.6 Å². The number of fused-ring (bicyclic) bond motifs is 1. The lowest BCUT2D eigenvalue weighted by molar-refractivity contribution is -0.138. The van der Waals surface area contributed by atoms with Crippen molar-refractivity contribution in [3.05, 3.63) is 89.9 Å². The first kappa shape index (κ1) is 23.0. The van der Waals surface area contributed by atoms with Crippen LogP contribution in [0.3, 0.4) is 0 Å². The maximum Gasteiger partial charge on any atom is 0.253 e. The average Bonchev–Trinajstić information content (AvgIpc) is 3.48. The summed E-state index contributed by atoms with van der Waals surface area (Å²) in [7, 11) is 0. The van der Waals surface area contributed by atoms with Crippen molar-refractivity contribution in [2.45, 2.75) is 37.1 Å². The molecule has 4 atom stereocenters. The number of pyridine rings is 1. The molecule has 0 saturated carbocycles. The van der Waals surface area contributed by atoms with Gasteiger partial charge in [0.2, 0.25) is 0 Å². The number of ether oxygens (including phenoxy) is 1. The van der Waals surface area contributed by atoms with Gasteiger partial charge in [0.1, 0.15) is 5.82 Å². The molecule has 3 heterocycles. The zero-order valence-electron chi connectivity index (χ0n) is 18.8. The number of carbonyl (C=O) groups excluding carboxylic acids is 3. The minimum Gasteiger partial charge on any atom is -0.357 e. The van der Waals surface area contributed by atoms with Gasteiger partial charge < -0.3 is 15.4 Å². The number of hydrogen-bond donors (Lipinski definition) is 2. The Bertz CT molecular complexity index is 1230. The molecule has 178 valence electrons. The number of carbonyl (C=O) groups is 3. The van der Waals surface area contributed by atoms with Gasteiger partial charge in [-0.05, 0) is 49.2 Å². The van der Waals surface area contributed by atoms with Crippen molar-refractivity contribution in [2.24, 2.45) is 0 Å². The van der Waals surface area contributed by atoms with Crippen LogP contribution in [0, 0.1) is 5.82 Å². The molecule has 2 saturated heterocycles. The zero-order chi connectivity index (χ0) is 24.4. The Morgan fingerprint density at radius 1 is 1.09 bits per heavy atom. The van der Waals surface area contributed by atoms with Crippen LogP contribution in [0.15, 0.2) is 72.9 Å². The van der Waals surface area contributed by atoms with Gasteiger partial charge in [0.15, 0.2) is 17.7 Å². The molecule has 35 heavy (non-hydrogen) atoms. The molecule has 0 aliphatic carbocycles. The maximum atomic E-state index is 13.4. The van der Waals surface area contributed by atoms with Crippen molar-refractivity contribution < 1.29 is 23.5 Å². The van der Waals surface area contributed by atoms with E-state index in [0.717, 1.165) is 5.56 Å². The Balaban J connectivity index is 1.35. The van der Waals surface area contributed by atoms with Crippen LogP contribution in [0.25, 0.3) is 11.3 Å². The van der Waals surface area contributed by atoms with Crippen molar-refractivity contribution in [1.82, 2.24) is 15.6 Å². The monoisotopic (exact) mass is 473 g/mol. The molecule has 2 N–H and O–H groups in total. The summed E-state index contributed by atoms with van der Waals surface area (Å²) >= 11 is 0. The van der Waals surface area contributed by atoms with Gasteiger partial charge in [-0.1, -0.05) is 42.5 Å². The van der Waals surface area contributed by atoms with Crippen LogP contribution in [0.5, 0.6) is 0 Å². The summed E-state index contributed by atoms with van der Waals surface area (Å²) in [6.45, 7) is 0.656. The van der Waals surface area contributed by atoms with Crippen molar-refractivity contribution in [3.63, 3.8) is 0 Å². The highest BCUT2D eigenvalue weighted by Crippen LogP contribution is 2.26. The molecule has 1 aromatic heterocycles. The number of Topliss-reactive ketones (excluding diaryl/α,β-unsaturated/α-hetero) is 2. The Hall–Kier alpha value is -3.75. The van der Waals surface area contributed by atoms with E-state index in [0.29, 0.717) is 24.2 Å². The highest BCUT2D eigenvalue weighted by atomic mass is 19.1. The standard InChI is InChI=1S/C27H24FN3O4/c28-19-9-6-16(7-10-19)14-21(24(32)26-25(33)23-22(35-26)12-13-29-23)31-27(34)18-8-11-20(30-15-18)17-4-2-1-3-5-17/h1-11,15,21-23,26,29H,12-14H2,(H,31,34). The molecule has 1 amide bonds. The van der Waals surface area contributed by atoms with E-state index < -0.39 is 35.7 Å². The first-order chi connectivity index (χ1) is 17.0. The molecular weight excluding hydrogens is 449 g/mol. The third kappa shape index (κ3) is 4.89. The predicted molar refractivity (Wildman–Crippen MR) is 126 cm³/mol. The third-order valence-electron chi connectivity index (χ3n) is 6.40. The molecule has 0 spiro atoms. The molecule has 2 fully saturated rings.